The van der Waals surface area contributed by atoms with Crippen molar-refractivity contribution in [3.63, 3.8) is 0 Å². The van der Waals surface area contributed by atoms with Gasteiger partial charge in [-0.15, -0.1) is 0 Å². The predicted molar refractivity (Wildman–Crippen MR) is 74.8 cm³/mol. The molecule has 0 saturated carbocycles. The van der Waals surface area contributed by atoms with Crippen LogP contribution in [0.4, 0.5) is 4.39 Å². The van der Waals surface area contributed by atoms with Gasteiger partial charge in [-0.05, 0) is 29.3 Å². The molecule has 0 aromatic heterocycles. The molecule has 0 aliphatic rings. The summed E-state index contributed by atoms with van der Waals surface area (Å²) in [6, 6.07) is 13.7. The average molecular weight is 276 g/mol. The fourth-order valence-electron chi connectivity index (χ4n) is 1.74. The van der Waals surface area contributed by atoms with Gasteiger partial charge >= 0.3 is 5.97 Å². The minimum absolute atomic E-state index is 0.168. The zero-order chi connectivity index (χ0) is 13.7. The summed E-state index contributed by atoms with van der Waals surface area (Å²) in [5.74, 6) is -0.166. The minimum Gasteiger partial charge on any atom is -0.478 e. The van der Waals surface area contributed by atoms with Crippen LogP contribution in [0.25, 0.3) is 0 Å². The van der Waals surface area contributed by atoms with Gasteiger partial charge in [0, 0.05) is 11.5 Å². The summed E-state index contributed by atoms with van der Waals surface area (Å²) in [5.41, 5.74) is 1.86. The number of aromatic carboxylic acids is 1. The molecular formula is C15H13FO2S. The van der Waals surface area contributed by atoms with E-state index in [1.807, 2.05) is 30.3 Å². The number of hydrogen-bond donors (Lipinski definition) is 1. The molecule has 0 fully saturated rings. The topological polar surface area (TPSA) is 37.3 Å². The number of carbonyl (C=O) groups is 1. The maximum Gasteiger partial charge on any atom is 0.335 e. The van der Waals surface area contributed by atoms with E-state index in [2.05, 4.69) is 0 Å². The summed E-state index contributed by atoms with van der Waals surface area (Å²) >= 11 is 1.57. The third-order valence-corrected chi connectivity index (χ3v) is 3.72. The first-order valence-corrected chi connectivity index (χ1v) is 6.95. The highest BCUT2D eigenvalue weighted by molar-refractivity contribution is 7.97. The van der Waals surface area contributed by atoms with Crippen molar-refractivity contribution in [2.24, 2.45) is 0 Å². The molecule has 19 heavy (non-hydrogen) atoms. The van der Waals surface area contributed by atoms with Crippen LogP contribution in [0.2, 0.25) is 0 Å². The van der Waals surface area contributed by atoms with Crippen molar-refractivity contribution in [3.05, 3.63) is 71.0 Å². The highest BCUT2D eigenvalue weighted by atomic mass is 32.2. The minimum atomic E-state index is -1.02. The Balaban J connectivity index is 2.03. The molecule has 2 aromatic carbocycles. The van der Waals surface area contributed by atoms with Crippen molar-refractivity contribution in [3.8, 4) is 0 Å². The van der Waals surface area contributed by atoms with E-state index >= 15 is 0 Å². The Morgan fingerprint density at radius 2 is 1.84 bits per heavy atom. The number of carboxylic acids is 1. The van der Waals surface area contributed by atoms with Crippen LogP contribution in [-0.4, -0.2) is 11.1 Å². The van der Waals surface area contributed by atoms with Gasteiger partial charge in [-0.1, -0.05) is 30.3 Å². The van der Waals surface area contributed by atoms with Crippen LogP contribution in [0.1, 0.15) is 21.5 Å². The molecule has 0 heterocycles. The average Bonchev–Trinajstić information content (AvgIpc) is 2.39. The van der Waals surface area contributed by atoms with E-state index < -0.39 is 11.8 Å². The first-order valence-electron chi connectivity index (χ1n) is 5.80. The number of hydrogen-bond acceptors (Lipinski definition) is 2. The van der Waals surface area contributed by atoms with Crippen molar-refractivity contribution < 1.29 is 14.3 Å². The van der Waals surface area contributed by atoms with Crippen LogP contribution < -0.4 is 0 Å². The van der Waals surface area contributed by atoms with Gasteiger partial charge < -0.3 is 5.11 Å². The number of rotatable bonds is 5. The first-order chi connectivity index (χ1) is 9.16. The van der Waals surface area contributed by atoms with Crippen LogP contribution in [0, 0.1) is 5.82 Å². The molecule has 4 heteroatoms. The van der Waals surface area contributed by atoms with E-state index in [-0.39, 0.29) is 5.56 Å². The van der Waals surface area contributed by atoms with E-state index in [0.29, 0.717) is 11.3 Å². The fraction of sp³-hybridized carbons (Fsp3) is 0.133. The third kappa shape index (κ3) is 3.83. The second-order valence-electron chi connectivity index (χ2n) is 4.09. The Kier molecular flexibility index (Phi) is 4.58. The van der Waals surface area contributed by atoms with Gasteiger partial charge in [0.1, 0.15) is 5.82 Å². The second kappa shape index (κ2) is 6.38. The molecule has 0 bridgehead atoms. The summed E-state index contributed by atoms with van der Waals surface area (Å²) in [5, 5.41) is 9.04. The van der Waals surface area contributed by atoms with E-state index in [1.54, 1.807) is 11.8 Å². The van der Waals surface area contributed by atoms with Crippen molar-refractivity contribution in [2.75, 3.05) is 0 Å². The number of thioether (sulfide) groups is 1. The maximum absolute atomic E-state index is 13.2. The Bertz CT molecular complexity index is 570. The Hall–Kier alpha value is -1.81. The van der Waals surface area contributed by atoms with Crippen molar-refractivity contribution in [1.82, 2.24) is 0 Å². The van der Waals surface area contributed by atoms with Crippen molar-refractivity contribution in [1.29, 1.82) is 0 Å². The van der Waals surface area contributed by atoms with Crippen LogP contribution in [0.3, 0.4) is 0 Å². The quantitative estimate of drug-likeness (QED) is 0.898. The maximum atomic E-state index is 13.2. The predicted octanol–water partition coefficient (Wildman–Crippen LogP) is 3.96. The summed E-state index contributed by atoms with van der Waals surface area (Å²) in [6.07, 6.45) is 0. The molecule has 2 aromatic rings. The van der Waals surface area contributed by atoms with Crippen LogP contribution in [0.5, 0.6) is 0 Å². The highest BCUT2D eigenvalue weighted by Gasteiger charge is 2.10. The van der Waals surface area contributed by atoms with Crippen molar-refractivity contribution in [2.45, 2.75) is 11.5 Å². The second-order valence-corrected chi connectivity index (χ2v) is 5.07. The molecule has 0 aliphatic carbocycles. The van der Waals surface area contributed by atoms with Gasteiger partial charge in [0.05, 0.1) is 5.56 Å². The van der Waals surface area contributed by atoms with Gasteiger partial charge in [0.2, 0.25) is 0 Å². The van der Waals surface area contributed by atoms with E-state index in [1.165, 1.54) is 23.8 Å². The van der Waals surface area contributed by atoms with Crippen LogP contribution >= 0.6 is 11.8 Å². The highest BCUT2D eigenvalue weighted by Crippen LogP contribution is 2.21. The molecule has 0 unspecified atom stereocenters. The SMILES string of the molecule is O=C(O)c1ccc(F)cc1CSCc1ccccc1. The zero-order valence-electron chi connectivity index (χ0n) is 10.2. The Morgan fingerprint density at radius 1 is 1.11 bits per heavy atom. The standard InChI is InChI=1S/C15H13FO2S/c16-13-6-7-14(15(17)18)12(8-13)10-19-9-11-4-2-1-3-5-11/h1-8H,9-10H2,(H,17,18). The lowest BCUT2D eigenvalue weighted by atomic mass is 10.1. The number of benzene rings is 2. The molecule has 1 N–H and O–H groups in total. The molecule has 0 spiro atoms. The van der Waals surface area contributed by atoms with Crippen LogP contribution in [0.15, 0.2) is 48.5 Å². The van der Waals surface area contributed by atoms with E-state index in [9.17, 15) is 9.18 Å². The lowest BCUT2D eigenvalue weighted by molar-refractivity contribution is 0.0696. The van der Waals surface area contributed by atoms with Crippen molar-refractivity contribution >= 4 is 17.7 Å². The lowest BCUT2D eigenvalue weighted by Gasteiger charge is -2.06. The van der Waals surface area contributed by atoms with Gasteiger partial charge in [-0.2, -0.15) is 11.8 Å². The summed E-state index contributed by atoms with van der Waals surface area (Å²) in [7, 11) is 0. The number of halogens is 1. The van der Waals surface area contributed by atoms with Gasteiger partial charge in [-0.3, -0.25) is 0 Å². The normalized spacial score (nSPS) is 10.4. The molecule has 2 rings (SSSR count). The van der Waals surface area contributed by atoms with Gasteiger partial charge in [0.15, 0.2) is 0 Å². The van der Waals surface area contributed by atoms with Gasteiger partial charge in [0.25, 0.3) is 0 Å². The summed E-state index contributed by atoms with van der Waals surface area (Å²) < 4.78 is 13.2. The largest absolute Gasteiger partial charge is 0.478 e. The Labute approximate surface area is 115 Å². The lowest BCUT2D eigenvalue weighted by Crippen LogP contribution is -2.02. The molecule has 0 radical (unpaired) electrons. The van der Waals surface area contributed by atoms with E-state index in [4.69, 9.17) is 5.11 Å². The molecule has 0 aliphatic heterocycles. The zero-order valence-corrected chi connectivity index (χ0v) is 11.0. The summed E-state index contributed by atoms with van der Waals surface area (Å²) in [6.45, 7) is 0. The molecular weight excluding hydrogens is 263 g/mol. The Morgan fingerprint density at radius 3 is 2.53 bits per heavy atom. The monoisotopic (exact) mass is 276 g/mol. The molecule has 98 valence electrons. The molecule has 2 nitrogen and oxygen atoms in total. The summed E-state index contributed by atoms with van der Waals surface area (Å²) in [4.78, 5) is 11.0. The van der Waals surface area contributed by atoms with E-state index in [0.717, 1.165) is 5.75 Å². The van der Waals surface area contributed by atoms with Crippen LogP contribution in [-0.2, 0) is 11.5 Å². The fourth-order valence-corrected chi connectivity index (χ4v) is 2.73. The molecule has 0 amide bonds. The third-order valence-electron chi connectivity index (χ3n) is 2.67. The first kappa shape index (κ1) is 13.6. The number of carboxylic acid groups (broad SMARTS) is 1. The smallest absolute Gasteiger partial charge is 0.335 e. The molecule has 0 saturated heterocycles. The van der Waals surface area contributed by atoms with Gasteiger partial charge in [-0.25, -0.2) is 9.18 Å². The molecule has 0 atom stereocenters.